The lowest BCUT2D eigenvalue weighted by Gasteiger charge is -2.35. The number of aliphatic imine (C=N–C) groups is 1. The Balaban J connectivity index is 0.00000341. The number of benzene rings is 1. The van der Waals surface area contributed by atoms with Crippen molar-refractivity contribution in [1.82, 2.24) is 20.4 Å². The fourth-order valence-corrected chi connectivity index (χ4v) is 4.59. The van der Waals surface area contributed by atoms with Gasteiger partial charge in [0.25, 0.3) is 5.91 Å². The lowest BCUT2D eigenvalue weighted by molar-refractivity contribution is 0.0724. The maximum Gasteiger partial charge on any atom is 0.253 e. The molecule has 2 aliphatic rings. The van der Waals surface area contributed by atoms with Gasteiger partial charge in [-0.25, -0.2) is 0 Å². The number of nitrogens with zero attached hydrogens (tertiary/aromatic N) is 3. The molecule has 1 amide bonds. The van der Waals surface area contributed by atoms with Gasteiger partial charge in [-0.1, -0.05) is 25.5 Å². The first-order valence-corrected chi connectivity index (χ1v) is 11.8. The second kappa shape index (κ2) is 13.9. The molecule has 2 fully saturated rings. The minimum Gasteiger partial charge on any atom is -0.355 e. The van der Waals surface area contributed by atoms with Gasteiger partial charge in [-0.05, 0) is 62.8 Å². The Kier molecular flexibility index (Phi) is 11.6. The van der Waals surface area contributed by atoms with Crippen LogP contribution in [0.2, 0.25) is 0 Å². The Morgan fingerprint density at radius 1 is 1.03 bits per heavy atom. The first-order chi connectivity index (χ1) is 14.7. The average Bonchev–Trinajstić information content (AvgIpc) is 2.82. The highest BCUT2D eigenvalue weighted by molar-refractivity contribution is 14.0. The van der Waals surface area contributed by atoms with Crippen LogP contribution >= 0.6 is 24.0 Å². The summed E-state index contributed by atoms with van der Waals surface area (Å²) in [5, 5.41) is 6.83. The van der Waals surface area contributed by atoms with Crippen molar-refractivity contribution in [1.29, 1.82) is 0 Å². The normalized spacial score (nSPS) is 20.1. The van der Waals surface area contributed by atoms with Crippen molar-refractivity contribution in [2.75, 3.05) is 39.8 Å². The van der Waals surface area contributed by atoms with Gasteiger partial charge in [-0.2, -0.15) is 0 Å². The maximum absolute atomic E-state index is 12.6. The minimum atomic E-state index is 0. The van der Waals surface area contributed by atoms with Gasteiger partial charge in [0.05, 0.1) is 0 Å². The van der Waals surface area contributed by atoms with Gasteiger partial charge in [-0.3, -0.25) is 14.7 Å². The van der Waals surface area contributed by atoms with Crippen LogP contribution < -0.4 is 10.6 Å². The Bertz CT molecular complexity index is 688. The lowest BCUT2D eigenvalue weighted by Crippen LogP contribution is -2.45. The third-order valence-electron chi connectivity index (χ3n) is 6.44. The van der Waals surface area contributed by atoms with Crippen molar-refractivity contribution in [3.8, 4) is 0 Å². The van der Waals surface area contributed by atoms with Crippen LogP contribution in [0.4, 0.5) is 0 Å². The number of halogens is 1. The molecule has 0 aromatic heterocycles. The summed E-state index contributed by atoms with van der Waals surface area (Å²) in [5.41, 5.74) is 1.94. The Hall–Kier alpha value is -1.35. The lowest BCUT2D eigenvalue weighted by atomic mass is 10.0. The molecule has 0 aliphatic carbocycles. The van der Waals surface area contributed by atoms with Crippen LogP contribution in [-0.2, 0) is 6.54 Å². The van der Waals surface area contributed by atoms with E-state index in [9.17, 15) is 4.79 Å². The number of hydrogen-bond donors (Lipinski definition) is 2. The van der Waals surface area contributed by atoms with E-state index >= 15 is 0 Å². The van der Waals surface area contributed by atoms with Crippen LogP contribution in [0.15, 0.2) is 29.3 Å². The average molecular weight is 542 g/mol. The van der Waals surface area contributed by atoms with E-state index in [1.165, 1.54) is 38.6 Å². The molecule has 2 saturated heterocycles. The van der Waals surface area contributed by atoms with Crippen LogP contribution in [0.1, 0.15) is 67.8 Å². The SMILES string of the molecule is CCC1CCCCN1CCNC(=NC)NCc1ccc(C(=O)N2CCCCC2)cc1.I. The second-order valence-electron chi connectivity index (χ2n) is 8.50. The Morgan fingerprint density at radius 2 is 1.74 bits per heavy atom. The van der Waals surface area contributed by atoms with Crippen molar-refractivity contribution in [2.24, 2.45) is 4.99 Å². The number of guanidine groups is 1. The zero-order valence-corrected chi connectivity index (χ0v) is 21.6. The van der Waals surface area contributed by atoms with E-state index in [-0.39, 0.29) is 29.9 Å². The Morgan fingerprint density at radius 3 is 2.42 bits per heavy atom. The zero-order valence-electron chi connectivity index (χ0n) is 19.2. The number of piperidine rings is 2. The molecule has 7 heteroatoms. The van der Waals surface area contributed by atoms with E-state index in [0.717, 1.165) is 62.1 Å². The standard InChI is InChI=1S/C24H39N5O.HI/c1-3-22-9-5-8-15-28(22)18-14-26-24(25-2)27-19-20-10-12-21(13-11-20)23(30)29-16-6-4-7-17-29;/h10-13,22H,3-9,14-19H2,1-2H3,(H2,25,26,27);1H. The number of carbonyl (C=O) groups is 1. The number of amides is 1. The topological polar surface area (TPSA) is 60.0 Å². The maximum atomic E-state index is 12.6. The molecule has 1 aromatic carbocycles. The van der Waals surface area contributed by atoms with Crippen LogP contribution in [0.25, 0.3) is 0 Å². The third kappa shape index (κ3) is 7.93. The third-order valence-corrected chi connectivity index (χ3v) is 6.44. The summed E-state index contributed by atoms with van der Waals surface area (Å²) >= 11 is 0. The zero-order chi connectivity index (χ0) is 21.2. The van der Waals surface area contributed by atoms with E-state index in [1.54, 1.807) is 0 Å². The molecule has 3 rings (SSSR count). The van der Waals surface area contributed by atoms with Gasteiger partial charge in [0.2, 0.25) is 0 Å². The molecule has 2 heterocycles. The quantitative estimate of drug-likeness (QED) is 0.313. The molecule has 0 saturated carbocycles. The highest BCUT2D eigenvalue weighted by atomic mass is 127. The summed E-state index contributed by atoms with van der Waals surface area (Å²) in [6.07, 6.45) is 8.74. The van der Waals surface area contributed by atoms with Gasteiger partial charge in [0.15, 0.2) is 5.96 Å². The number of rotatable bonds is 7. The predicted octanol–water partition coefficient (Wildman–Crippen LogP) is 3.86. The van der Waals surface area contributed by atoms with Crippen LogP contribution in [-0.4, -0.2) is 67.5 Å². The van der Waals surface area contributed by atoms with Crippen LogP contribution in [0.3, 0.4) is 0 Å². The number of likely N-dealkylation sites (tertiary alicyclic amines) is 2. The molecule has 0 bridgehead atoms. The fourth-order valence-electron chi connectivity index (χ4n) is 4.59. The fraction of sp³-hybridized carbons (Fsp3) is 0.667. The summed E-state index contributed by atoms with van der Waals surface area (Å²) in [6.45, 7) is 7.95. The Labute approximate surface area is 205 Å². The monoisotopic (exact) mass is 541 g/mol. The smallest absolute Gasteiger partial charge is 0.253 e. The molecular formula is C24H40IN5O. The summed E-state index contributed by atoms with van der Waals surface area (Å²) in [6, 6.07) is 8.71. The molecule has 174 valence electrons. The molecule has 0 radical (unpaired) electrons. The number of nitrogens with one attached hydrogen (secondary N) is 2. The van der Waals surface area contributed by atoms with Crippen LogP contribution in [0, 0.1) is 0 Å². The summed E-state index contributed by atoms with van der Waals surface area (Å²) < 4.78 is 0. The van der Waals surface area contributed by atoms with E-state index < -0.39 is 0 Å². The van der Waals surface area contributed by atoms with Crippen molar-refractivity contribution in [3.63, 3.8) is 0 Å². The molecular weight excluding hydrogens is 501 g/mol. The minimum absolute atomic E-state index is 0. The van der Waals surface area contributed by atoms with Gasteiger partial charge < -0.3 is 15.5 Å². The largest absolute Gasteiger partial charge is 0.355 e. The van der Waals surface area contributed by atoms with Crippen LogP contribution in [0.5, 0.6) is 0 Å². The molecule has 0 spiro atoms. The van der Waals surface area contributed by atoms with E-state index in [0.29, 0.717) is 6.54 Å². The molecule has 31 heavy (non-hydrogen) atoms. The first kappa shape index (κ1) is 25.9. The summed E-state index contributed by atoms with van der Waals surface area (Å²) in [7, 11) is 1.81. The number of carbonyl (C=O) groups excluding carboxylic acids is 1. The summed E-state index contributed by atoms with van der Waals surface area (Å²) in [5.74, 6) is 0.989. The van der Waals surface area contributed by atoms with E-state index in [1.807, 2.05) is 36.2 Å². The molecule has 2 aliphatic heterocycles. The molecule has 1 aromatic rings. The molecule has 1 unspecified atom stereocenters. The van der Waals surface area contributed by atoms with Gasteiger partial charge >= 0.3 is 0 Å². The van der Waals surface area contributed by atoms with Crippen molar-refractivity contribution in [2.45, 2.75) is 64.5 Å². The van der Waals surface area contributed by atoms with Crippen molar-refractivity contribution >= 4 is 35.8 Å². The second-order valence-corrected chi connectivity index (χ2v) is 8.50. The first-order valence-electron chi connectivity index (χ1n) is 11.8. The highest BCUT2D eigenvalue weighted by Crippen LogP contribution is 2.18. The highest BCUT2D eigenvalue weighted by Gasteiger charge is 2.20. The number of hydrogen-bond acceptors (Lipinski definition) is 3. The summed E-state index contributed by atoms with van der Waals surface area (Å²) in [4.78, 5) is 21.5. The van der Waals surface area contributed by atoms with E-state index in [2.05, 4.69) is 27.4 Å². The van der Waals surface area contributed by atoms with Crippen molar-refractivity contribution < 1.29 is 4.79 Å². The van der Waals surface area contributed by atoms with E-state index in [4.69, 9.17) is 0 Å². The van der Waals surface area contributed by atoms with Gasteiger partial charge in [-0.15, -0.1) is 24.0 Å². The molecule has 2 N–H and O–H groups in total. The van der Waals surface area contributed by atoms with Gasteiger partial charge in [0.1, 0.15) is 0 Å². The van der Waals surface area contributed by atoms with Crippen molar-refractivity contribution in [3.05, 3.63) is 35.4 Å². The molecule has 1 atom stereocenters. The predicted molar refractivity (Wildman–Crippen MR) is 139 cm³/mol. The molecule has 6 nitrogen and oxygen atoms in total. The van der Waals surface area contributed by atoms with Gasteiger partial charge in [0, 0.05) is 51.4 Å².